The third-order valence-corrected chi connectivity index (χ3v) is 12.2. The summed E-state index contributed by atoms with van der Waals surface area (Å²) < 4.78 is 4.88. The molecule has 0 aliphatic heterocycles. The van der Waals surface area contributed by atoms with Crippen LogP contribution in [-0.4, -0.2) is 19.5 Å². The van der Waals surface area contributed by atoms with Crippen LogP contribution in [0.1, 0.15) is 25.0 Å². The van der Waals surface area contributed by atoms with E-state index in [1.54, 1.807) is 0 Å². The summed E-state index contributed by atoms with van der Waals surface area (Å²) in [6, 6.07) is 56.3. The molecule has 3 aromatic heterocycles. The van der Waals surface area contributed by atoms with E-state index in [1.165, 1.54) is 58.8 Å². The molecule has 7 aromatic carbocycles. The van der Waals surface area contributed by atoms with Gasteiger partial charge in [0.25, 0.3) is 0 Å². The minimum atomic E-state index is -0.0852. The Labute approximate surface area is 310 Å². The lowest BCUT2D eigenvalue weighted by molar-refractivity contribution is 0.661. The summed E-state index contributed by atoms with van der Waals surface area (Å²) in [6.07, 6.45) is 0. The van der Waals surface area contributed by atoms with Gasteiger partial charge in [-0.1, -0.05) is 141 Å². The lowest BCUT2D eigenvalue weighted by Gasteiger charge is -2.21. The zero-order chi connectivity index (χ0) is 35.3. The highest BCUT2D eigenvalue weighted by atomic mass is 32.1. The molecule has 0 amide bonds. The van der Waals surface area contributed by atoms with Gasteiger partial charge in [0.2, 0.25) is 0 Å². The number of hydrogen-bond acceptors (Lipinski definition) is 4. The summed E-state index contributed by atoms with van der Waals surface area (Å²) in [5.74, 6) is 1.97. The van der Waals surface area contributed by atoms with Crippen LogP contribution in [0.5, 0.6) is 0 Å². The first-order valence-electron chi connectivity index (χ1n) is 18.0. The highest BCUT2D eigenvalue weighted by molar-refractivity contribution is 7.26. The van der Waals surface area contributed by atoms with Gasteiger partial charge in [-0.05, 0) is 52.6 Å². The van der Waals surface area contributed by atoms with E-state index in [1.807, 2.05) is 47.7 Å². The molecule has 4 nitrogen and oxygen atoms in total. The molecule has 1 aliphatic rings. The zero-order valence-corrected chi connectivity index (χ0v) is 30.0. The van der Waals surface area contributed by atoms with Gasteiger partial charge in [-0.2, -0.15) is 0 Å². The molecule has 3 heterocycles. The first kappa shape index (κ1) is 30.2. The zero-order valence-electron chi connectivity index (χ0n) is 29.2. The molecule has 0 spiro atoms. The monoisotopic (exact) mass is 696 g/mol. The maximum absolute atomic E-state index is 5.24. The van der Waals surface area contributed by atoms with Crippen molar-refractivity contribution in [2.45, 2.75) is 19.3 Å². The second-order valence-electron chi connectivity index (χ2n) is 14.4. The van der Waals surface area contributed by atoms with Gasteiger partial charge < -0.3 is 4.57 Å². The maximum Gasteiger partial charge on any atom is 0.164 e. The predicted octanol–water partition coefficient (Wildman–Crippen LogP) is 12.6. The van der Waals surface area contributed by atoms with Crippen molar-refractivity contribution in [2.75, 3.05) is 0 Å². The quantitative estimate of drug-likeness (QED) is 0.184. The molecule has 1 aliphatic carbocycles. The van der Waals surface area contributed by atoms with Crippen molar-refractivity contribution in [1.29, 1.82) is 0 Å². The fourth-order valence-electron chi connectivity index (χ4n) is 8.60. The maximum atomic E-state index is 5.24. The van der Waals surface area contributed by atoms with Crippen molar-refractivity contribution in [3.8, 4) is 51.0 Å². The van der Waals surface area contributed by atoms with E-state index in [9.17, 15) is 0 Å². The molecule has 0 saturated heterocycles. The largest absolute Gasteiger partial charge is 0.309 e. The summed E-state index contributed by atoms with van der Waals surface area (Å²) in [4.78, 5) is 15.5. The SMILES string of the molecule is CC1(C)c2ccccc2-c2c1ccc1c2c2ccccc2n1-c1cc(-c2nc(-c3ccccc3)nc(-c3ccccc3)n2)c2c(c1)sc1ccccc12. The normalized spacial score (nSPS) is 13.2. The number of para-hydroxylation sites is 1. The summed E-state index contributed by atoms with van der Waals surface area (Å²) >= 11 is 1.82. The van der Waals surface area contributed by atoms with Crippen molar-refractivity contribution in [2.24, 2.45) is 0 Å². The molecule has 0 radical (unpaired) electrons. The van der Waals surface area contributed by atoms with E-state index in [0.29, 0.717) is 17.5 Å². The standard InChI is InChI=1S/C48H32N4S/c1-48(2)36-22-12-9-19-32(36)43-37(48)25-26-39-44(43)33-20-10-13-23-38(33)52(39)31-27-35(42-34-21-11-14-24-40(34)53-41(42)28-31)47-50-45(29-15-5-3-6-16-29)49-46(51-47)30-17-7-4-8-18-30/h3-28H,1-2H3. The number of hydrogen-bond donors (Lipinski definition) is 0. The van der Waals surface area contributed by atoms with Crippen LogP contribution >= 0.6 is 11.3 Å². The molecular weight excluding hydrogens is 665 g/mol. The Balaban J connectivity index is 1.25. The minimum Gasteiger partial charge on any atom is -0.309 e. The molecule has 53 heavy (non-hydrogen) atoms. The Morgan fingerprint density at radius 3 is 1.85 bits per heavy atom. The topological polar surface area (TPSA) is 43.6 Å². The van der Waals surface area contributed by atoms with Gasteiger partial charge in [-0.25, -0.2) is 15.0 Å². The van der Waals surface area contributed by atoms with Crippen LogP contribution in [0.2, 0.25) is 0 Å². The van der Waals surface area contributed by atoms with Crippen LogP contribution in [0.3, 0.4) is 0 Å². The number of rotatable bonds is 4. The molecule has 0 fully saturated rings. The molecule has 0 atom stereocenters. The van der Waals surface area contributed by atoms with Crippen molar-refractivity contribution in [3.63, 3.8) is 0 Å². The van der Waals surface area contributed by atoms with E-state index in [2.05, 4.69) is 140 Å². The Kier molecular flexibility index (Phi) is 6.43. The molecule has 0 bridgehead atoms. The summed E-state index contributed by atoms with van der Waals surface area (Å²) in [5, 5.41) is 4.92. The van der Waals surface area contributed by atoms with Gasteiger partial charge >= 0.3 is 0 Å². The Bertz CT molecular complexity index is 3020. The average molecular weight is 697 g/mol. The van der Waals surface area contributed by atoms with Crippen LogP contribution in [0, 0.1) is 0 Å². The van der Waals surface area contributed by atoms with Crippen molar-refractivity contribution >= 4 is 53.3 Å². The molecule has 0 saturated carbocycles. The smallest absolute Gasteiger partial charge is 0.164 e. The number of fused-ring (bicyclic) bond motifs is 10. The third kappa shape index (κ3) is 4.44. The predicted molar refractivity (Wildman–Crippen MR) is 221 cm³/mol. The van der Waals surface area contributed by atoms with Crippen LogP contribution in [0.4, 0.5) is 0 Å². The van der Waals surface area contributed by atoms with Gasteiger partial charge in [-0.3, -0.25) is 0 Å². The number of aromatic nitrogens is 4. The highest BCUT2D eigenvalue weighted by Crippen LogP contribution is 2.53. The number of thiophene rings is 1. The summed E-state index contributed by atoms with van der Waals surface area (Å²) in [6.45, 7) is 4.71. The minimum absolute atomic E-state index is 0.0852. The molecule has 5 heteroatoms. The van der Waals surface area contributed by atoms with Gasteiger partial charge in [-0.15, -0.1) is 11.3 Å². The lowest BCUT2D eigenvalue weighted by atomic mass is 9.82. The fourth-order valence-corrected chi connectivity index (χ4v) is 9.77. The first-order chi connectivity index (χ1) is 26.0. The van der Waals surface area contributed by atoms with Crippen molar-refractivity contribution in [1.82, 2.24) is 19.5 Å². The van der Waals surface area contributed by atoms with E-state index >= 15 is 0 Å². The second-order valence-corrected chi connectivity index (χ2v) is 15.5. The van der Waals surface area contributed by atoms with E-state index in [-0.39, 0.29) is 5.41 Å². The van der Waals surface area contributed by atoms with E-state index < -0.39 is 0 Å². The molecule has 11 rings (SSSR count). The first-order valence-corrected chi connectivity index (χ1v) is 18.9. The molecular formula is C48H32N4S. The van der Waals surface area contributed by atoms with Gasteiger partial charge in [0.05, 0.1) is 11.0 Å². The highest BCUT2D eigenvalue weighted by Gasteiger charge is 2.37. The van der Waals surface area contributed by atoms with Crippen LogP contribution in [-0.2, 0) is 5.41 Å². The van der Waals surface area contributed by atoms with E-state index in [0.717, 1.165) is 27.8 Å². The molecule has 0 unspecified atom stereocenters. The number of nitrogens with zero attached hydrogens (tertiary/aromatic N) is 4. The second kappa shape index (κ2) is 11.3. The average Bonchev–Trinajstić information content (AvgIpc) is 3.83. The Hall–Kier alpha value is -6.43. The summed E-state index contributed by atoms with van der Waals surface area (Å²) in [5.41, 5.74) is 11.7. The molecule has 10 aromatic rings. The molecule has 0 N–H and O–H groups in total. The molecule has 250 valence electrons. The number of benzene rings is 7. The van der Waals surface area contributed by atoms with Gasteiger partial charge in [0.15, 0.2) is 17.5 Å². The van der Waals surface area contributed by atoms with Crippen LogP contribution in [0.25, 0.3) is 93.0 Å². The van der Waals surface area contributed by atoms with Crippen molar-refractivity contribution in [3.05, 3.63) is 169 Å². The van der Waals surface area contributed by atoms with Crippen molar-refractivity contribution < 1.29 is 0 Å². The van der Waals surface area contributed by atoms with Crippen LogP contribution in [0.15, 0.2) is 158 Å². The Morgan fingerprint density at radius 2 is 1.09 bits per heavy atom. The van der Waals surface area contributed by atoms with Gasteiger partial charge in [0.1, 0.15) is 0 Å². The summed E-state index contributed by atoms with van der Waals surface area (Å²) in [7, 11) is 0. The third-order valence-electron chi connectivity index (χ3n) is 11.0. The van der Waals surface area contributed by atoms with Gasteiger partial charge in [0, 0.05) is 58.7 Å². The van der Waals surface area contributed by atoms with Crippen LogP contribution < -0.4 is 0 Å². The Morgan fingerprint density at radius 1 is 0.472 bits per heavy atom. The fraction of sp³-hybridized carbons (Fsp3) is 0.0625. The lowest BCUT2D eigenvalue weighted by Crippen LogP contribution is -2.14. The van der Waals surface area contributed by atoms with E-state index in [4.69, 9.17) is 15.0 Å².